The van der Waals surface area contributed by atoms with Crippen LogP contribution in [0.2, 0.25) is 0 Å². The topological polar surface area (TPSA) is 21.3 Å². The van der Waals surface area contributed by atoms with Crippen molar-refractivity contribution in [2.75, 3.05) is 13.2 Å². The Morgan fingerprint density at radius 1 is 1.19 bits per heavy atom. The van der Waals surface area contributed by atoms with Gasteiger partial charge < -0.3 is 10.1 Å². The second kappa shape index (κ2) is 7.84. The van der Waals surface area contributed by atoms with Crippen LogP contribution in [0.15, 0.2) is 24.3 Å². The summed E-state index contributed by atoms with van der Waals surface area (Å²) < 4.78 is 5.75. The third kappa shape index (κ3) is 5.03. The second-order valence-electron chi connectivity index (χ2n) is 6.99. The molecule has 0 radical (unpaired) electrons. The van der Waals surface area contributed by atoms with E-state index in [1.807, 2.05) is 0 Å². The Kier molecular flexibility index (Phi) is 6.10. The van der Waals surface area contributed by atoms with Gasteiger partial charge in [0.1, 0.15) is 5.75 Å². The maximum absolute atomic E-state index is 5.75. The Labute approximate surface area is 130 Å². The van der Waals surface area contributed by atoms with Gasteiger partial charge in [-0.3, -0.25) is 0 Å². The lowest BCUT2D eigenvalue weighted by molar-refractivity contribution is 0.124. The van der Waals surface area contributed by atoms with Gasteiger partial charge in [-0.05, 0) is 54.7 Å². The zero-order valence-corrected chi connectivity index (χ0v) is 14.0. The molecule has 0 atom stereocenters. The lowest BCUT2D eigenvalue weighted by Crippen LogP contribution is -2.39. The smallest absolute Gasteiger partial charge is 0.119 e. The monoisotopic (exact) mass is 289 g/mol. The van der Waals surface area contributed by atoms with E-state index in [0.29, 0.717) is 11.3 Å². The molecule has 0 spiro atoms. The summed E-state index contributed by atoms with van der Waals surface area (Å²) in [6, 6.07) is 8.54. The van der Waals surface area contributed by atoms with Gasteiger partial charge in [-0.1, -0.05) is 39.3 Å². The molecular weight excluding hydrogens is 258 g/mol. The summed E-state index contributed by atoms with van der Waals surface area (Å²) in [4.78, 5) is 0. The number of nitrogens with one attached hydrogen (secondary N) is 1. The van der Waals surface area contributed by atoms with Crippen LogP contribution in [0.5, 0.6) is 5.75 Å². The predicted octanol–water partition coefficient (Wildman–Crippen LogP) is 4.78. The van der Waals surface area contributed by atoms with Crippen LogP contribution in [-0.2, 0) is 6.54 Å². The van der Waals surface area contributed by atoms with Crippen molar-refractivity contribution in [2.24, 2.45) is 11.3 Å². The Hall–Kier alpha value is -1.02. The SMILES string of the molecule is CCC1(CNCc2ccc(OCCC(C)C)cc2)CCC1. The zero-order valence-electron chi connectivity index (χ0n) is 14.0. The molecule has 21 heavy (non-hydrogen) atoms. The molecule has 0 bridgehead atoms. The van der Waals surface area contributed by atoms with E-state index < -0.39 is 0 Å². The molecule has 0 aliphatic heterocycles. The average molecular weight is 289 g/mol. The summed E-state index contributed by atoms with van der Waals surface area (Å²) in [5.41, 5.74) is 1.94. The van der Waals surface area contributed by atoms with Crippen LogP contribution < -0.4 is 10.1 Å². The molecule has 1 aliphatic rings. The van der Waals surface area contributed by atoms with Crippen LogP contribution in [0.25, 0.3) is 0 Å². The van der Waals surface area contributed by atoms with Crippen LogP contribution in [0, 0.1) is 11.3 Å². The Balaban J connectivity index is 1.69. The van der Waals surface area contributed by atoms with Crippen LogP contribution in [0.3, 0.4) is 0 Å². The molecule has 0 heterocycles. The van der Waals surface area contributed by atoms with Gasteiger partial charge in [-0.2, -0.15) is 0 Å². The molecule has 1 aliphatic carbocycles. The van der Waals surface area contributed by atoms with Crippen molar-refractivity contribution in [3.8, 4) is 5.75 Å². The van der Waals surface area contributed by atoms with Crippen molar-refractivity contribution in [2.45, 2.75) is 59.4 Å². The Morgan fingerprint density at radius 3 is 2.43 bits per heavy atom. The molecule has 1 fully saturated rings. The summed E-state index contributed by atoms with van der Waals surface area (Å²) in [6.07, 6.45) is 6.64. The minimum absolute atomic E-state index is 0.597. The summed E-state index contributed by atoms with van der Waals surface area (Å²) in [5, 5.41) is 3.63. The largest absolute Gasteiger partial charge is 0.494 e. The molecule has 2 heteroatoms. The van der Waals surface area contributed by atoms with E-state index >= 15 is 0 Å². The molecule has 2 nitrogen and oxygen atoms in total. The second-order valence-corrected chi connectivity index (χ2v) is 6.99. The highest BCUT2D eigenvalue weighted by Gasteiger charge is 2.34. The molecule has 1 aromatic carbocycles. The van der Waals surface area contributed by atoms with Crippen molar-refractivity contribution < 1.29 is 4.74 Å². The normalized spacial score (nSPS) is 16.8. The van der Waals surface area contributed by atoms with E-state index in [1.54, 1.807) is 0 Å². The van der Waals surface area contributed by atoms with E-state index in [-0.39, 0.29) is 0 Å². The van der Waals surface area contributed by atoms with Crippen molar-refractivity contribution >= 4 is 0 Å². The summed E-state index contributed by atoms with van der Waals surface area (Å²) in [7, 11) is 0. The predicted molar refractivity (Wildman–Crippen MR) is 89.7 cm³/mol. The third-order valence-corrected chi connectivity index (χ3v) is 4.88. The van der Waals surface area contributed by atoms with Crippen molar-refractivity contribution in [1.82, 2.24) is 5.32 Å². The van der Waals surface area contributed by atoms with Crippen LogP contribution in [0.1, 0.15) is 58.4 Å². The first-order valence-electron chi connectivity index (χ1n) is 8.56. The number of ether oxygens (including phenoxy) is 1. The van der Waals surface area contributed by atoms with Gasteiger partial charge in [-0.15, -0.1) is 0 Å². The number of hydrogen-bond donors (Lipinski definition) is 1. The maximum Gasteiger partial charge on any atom is 0.119 e. The first-order chi connectivity index (χ1) is 10.1. The van der Waals surface area contributed by atoms with Gasteiger partial charge in [0.2, 0.25) is 0 Å². The van der Waals surface area contributed by atoms with E-state index in [0.717, 1.165) is 31.9 Å². The van der Waals surface area contributed by atoms with Crippen molar-refractivity contribution in [3.63, 3.8) is 0 Å². The van der Waals surface area contributed by atoms with Gasteiger partial charge in [-0.25, -0.2) is 0 Å². The molecule has 0 unspecified atom stereocenters. The van der Waals surface area contributed by atoms with Gasteiger partial charge in [0, 0.05) is 13.1 Å². The van der Waals surface area contributed by atoms with Crippen molar-refractivity contribution in [3.05, 3.63) is 29.8 Å². The third-order valence-electron chi connectivity index (χ3n) is 4.88. The highest BCUT2D eigenvalue weighted by atomic mass is 16.5. The molecule has 0 aromatic heterocycles. The lowest BCUT2D eigenvalue weighted by atomic mass is 9.67. The quantitative estimate of drug-likeness (QED) is 0.706. The first-order valence-corrected chi connectivity index (χ1v) is 8.56. The average Bonchev–Trinajstić information content (AvgIpc) is 2.43. The summed E-state index contributed by atoms with van der Waals surface area (Å²) in [6.45, 7) is 9.72. The fourth-order valence-corrected chi connectivity index (χ4v) is 2.92. The number of rotatable bonds is 9. The zero-order chi connectivity index (χ0) is 15.1. The summed E-state index contributed by atoms with van der Waals surface area (Å²) >= 11 is 0. The number of hydrogen-bond acceptors (Lipinski definition) is 2. The highest BCUT2D eigenvalue weighted by molar-refractivity contribution is 5.27. The summed E-state index contributed by atoms with van der Waals surface area (Å²) in [5.74, 6) is 1.69. The Bertz CT molecular complexity index is 401. The van der Waals surface area contributed by atoms with Gasteiger partial charge >= 0.3 is 0 Å². The standard InChI is InChI=1S/C19H31NO/c1-4-19(11-5-12-19)15-20-14-17-6-8-18(9-7-17)21-13-10-16(2)3/h6-9,16,20H,4-5,10-15H2,1-3H3. The van der Waals surface area contributed by atoms with E-state index in [9.17, 15) is 0 Å². The van der Waals surface area contributed by atoms with Crippen LogP contribution in [-0.4, -0.2) is 13.2 Å². The molecule has 1 saturated carbocycles. The van der Waals surface area contributed by atoms with Crippen molar-refractivity contribution in [1.29, 1.82) is 0 Å². The molecule has 2 rings (SSSR count). The first kappa shape index (κ1) is 16.4. The van der Waals surface area contributed by atoms with Gasteiger partial charge in [0.05, 0.1) is 6.61 Å². The Morgan fingerprint density at radius 2 is 1.90 bits per heavy atom. The molecule has 0 saturated heterocycles. The molecule has 0 amide bonds. The van der Waals surface area contributed by atoms with Gasteiger partial charge in [0.15, 0.2) is 0 Å². The molecule has 1 N–H and O–H groups in total. The highest BCUT2D eigenvalue weighted by Crippen LogP contribution is 2.43. The van der Waals surface area contributed by atoms with E-state index in [4.69, 9.17) is 4.74 Å². The fraction of sp³-hybridized carbons (Fsp3) is 0.684. The minimum atomic E-state index is 0.597. The lowest BCUT2D eigenvalue weighted by Gasteiger charge is -2.41. The minimum Gasteiger partial charge on any atom is -0.494 e. The number of benzene rings is 1. The fourth-order valence-electron chi connectivity index (χ4n) is 2.92. The van der Waals surface area contributed by atoms with E-state index in [1.165, 1.54) is 31.2 Å². The van der Waals surface area contributed by atoms with Crippen LogP contribution in [0.4, 0.5) is 0 Å². The van der Waals surface area contributed by atoms with Gasteiger partial charge in [0.25, 0.3) is 0 Å². The molecule has 1 aromatic rings. The van der Waals surface area contributed by atoms with Crippen LogP contribution >= 0.6 is 0 Å². The molecular formula is C19H31NO. The maximum atomic E-state index is 5.75. The van der Waals surface area contributed by atoms with E-state index in [2.05, 4.69) is 50.4 Å². The molecule has 118 valence electrons.